The molecule has 19 heavy (non-hydrogen) atoms. The third-order valence-electron chi connectivity index (χ3n) is 2.71. The summed E-state index contributed by atoms with van der Waals surface area (Å²) < 4.78 is 0. The van der Waals surface area contributed by atoms with E-state index in [9.17, 15) is 14.4 Å². The highest BCUT2D eigenvalue weighted by molar-refractivity contribution is 8.00. The number of thioether (sulfide) groups is 1. The second-order valence-electron chi connectivity index (χ2n) is 4.25. The van der Waals surface area contributed by atoms with E-state index in [1.165, 1.54) is 23.6 Å². The number of ketones is 1. The third kappa shape index (κ3) is 3.57. The fourth-order valence-corrected chi connectivity index (χ4v) is 2.63. The summed E-state index contributed by atoms with van der Waals surface area (Å²) in [5, 5.41) is 2.69. The van der Waals surface area contributed by atoms with E-state index in [2.05, 4.69) is 5.32 Å². The Morgan fingerprint density at radius 1 is 1.42 bits per heavy atom. The zero-order valence-electron chi connectivity index (χ0n) is 10.5. The standard InChI is InChI=1S/C13H14N2O3S/c1-9(16)10-3-2-4-11(5-10)14-12(17)6-15-8-19-7-13(15)18/h2-5H,6-8H2,1H3,(H,14,17). The van der Waals surface area contributed by atoms with Gasteiger partial charge in [0.25, 0.3) is 0 Å². The highest BCUT2D eigenvalue weighted by atomic mass is 32.2. The maximum absolute atomic E-state index is 11.8. The van der Waals surface area contributed by atoms with Gasteiger partial charge in [0, 0.05) is 11.3 Å². The van der Waals surface area contributed by atoms with Crippen molar-refractivity contribution in [2.75, 3.05) is 23.5 Å². The summed E-state index contributed by atoms with van der Waals surface area (Å²) in [6.07, 6.45) is 0. The molecule has 1 aromatic rings. The van der Waals surface area contributed by atoms with Gasteiger partial charge in [-0.25, -0.2) is 0 Å². The molecule has 6 heteroatoms. The van der Waals surface area contributed by atoms with Crippen LogP contribution in [-0.2, 0) is 9.59 Å². The molecule has 0 aliphatic carbocycles. The van der Waals surface area contributed by atoms with Gasteiger partial charge in [0.2, 0.25) is 11.8 Å². The van der Waals surface area contributed by atoms with Crippen LogP contribution in [0.3, 0.4) is 0 Å². The first-order valence-electron chi connectivity index (χ1n) is 5.82. The fraction of sp³-hybridized carbons (Fsp3) is 0.308. The van der Waals surface area contributed by atoms with E-state index >= 15 is 0 Å². The van der Waals surface area contributed by atoms with E-state index in [0.29, 0.717) is 22.9 Å². The number of amides is 2. The number of carbonyl (C=O) groups excluding carboxylic acids is 3. The van der Waals surface area contributed by atoms with Crippen LogP contribution in [0, 0.1) is 0 Å². The summed E-state index contributed by atoms with van der Waals surface area (Å²) in [6, 6.07) is 6.74. The molecule has 1 aliphatic heterocycles. The predicted molar refractivity (Wildman–Crippen MR) is 74.1 cm³/mol. The average Bonchev–Trinajstić information content (AvgIpc) is 2.75. The van der Waals surface area contributed by atoms with E-state index in [-0.39, 0.29) is 24.1 Å². The van der Waals surface area contributed by atoms with E-state index in [0.717, 1.165) is 0 Å². The molecule has 1 N–H and O–H groups in total. The SMILES string of the molecule is CC(=O)c1cccc(NC(=O)CN2CSCC2=O)c1. The first-order valence-corrected chi connectivity index (χ1v) is 6.98. The van der Waals surface area contributed by atoms with Crippen molar-refractivity contribution in [1.82, 2.24) is 4.90 Å². The number of benzene rings is 1. The molecule has 0 spiro atoms. The number of carbonyl (C=O) groups is 3. The molecule has 2 amide bonds. The predicted octanol–water partition coefficient (Wildman–Crippen LogP) is 1.36. The van der Waals surface area contributed by atoms with Crippen molar-refractivity contribution < 1.29 is 14.4 Å². The summed E-state index contributed by atoms with van der Waals surface area (Å²) in [5.74, 6) is 0.670. The molecule has 0 unspecified atom stereocenters. The van der Waals surface area contributed by atoms with Gasteiger partial charge < -0.3 is 10.2 Å². The number of anilines is 1. The Balaban J connectivity index is 1.97. The summed E-state index contributed by atoms with van der Waals surface area (Å²) in [7, 11) is 0. The maximum Gasteiger partial charge on any atom is 0.244 e. The van der Waals surface area contributed by atoms with Crippen LogP contribution in [0.5, 0.6) is 0 Å². The van der Waals surface area contributed by atoms with Gasteiger partial charge in [0.15, 0.2) is 5.78 Å². The van der Waals surface area contributed by atoms with Gasteiger partial charge in [-0.05, 0) is 19.1 Å². The smallest absolute Gasteiger partial charge is 0.244 e. The van der Waals surface area contributed by atoms with Gasteiger partial charge in [-0.15, -0.1) is 11.8 Å². The lowest BCUT2D eigenvalue weighted by Crippen LogP contribution is -2.34. The summed E-state index contributed by atoms with van der Waals surface area (Å²) >= 11 is 1.50. The zero-order valence-corrected chi connectivity index (χ0v) is 11.3. The van der Waals surface area contributed by atoms with Crippen LogP contribution in [0.25, 0.3) is 0 Å². The molecule has 0 bridgehead atoms. The van der Waals surface area contributed by atoms with Gasteiger partial charge in [0.05, 0.1) is 11.6 Å². The molecule has 1 aromatic carbocycles. The third-order valence-corrected chi connectivity index (χ3v) is 3.66. The molecule has 5 nitrogen and oxygen atoms in total. The van der Waals surface area contributed by atoms with Crippen molar-refractivity contribution in [3.8, 4) is 0 Å². The molecular weight excluding hydrogens is 264 g/mol. The van der Waals surface area contributed by atoms with Crippen LogP contribution >= 0.6 is 11.8 Å². The Morgan fingerprint density at radius 2 is 2.21 bits per heavy atom. The first kappa shape index (κ1) is 13.6. The number of rotatable bonds is 4. The van der Waals surface area contributed by atoms with E-state index in [4.69, 9.17) is 0 Å². The Kier molecular flexibility index (Phi) is 4.21. The lowest BCUT2D eigenvalue weighted by Gasteiger charge is -2.14. The van der Waals surface area contributed by atoms with Crippen molar-refractivity contribution in [3.05, 3.63) is 29.8 Å². The summed E-state index contributed by atoms with van der Waals surface area (Å²) in [6.45, 7) is 1.52. The normalized spacial score (nSPS) is 14.6. The molecule has 2 rings (SSSR count). The van der Waals surface area contributed by atoms with Crippen LogP contribution < -0.4 is 5.32 Å². The van der Waals surface area contributed by atoms with Crippen LogP contribution in [0.4, 0.5) is 5.69 Å². The molecule has 100 valence electrons. The Hall–Kier alpha value is -1.82. The lowest BCUT2D eigenvalue weighted by atomic mass is 10.1. The Bertz CT molecular complexity index is 530. The molecule has 1 saturated heterocycles. The monoisotopic (exact) mass is 278 g/mol. The molecule has 1 fully saturated rings. The number of nitrogens with one attached hydrogen (secondary N) is 1. The van der Waals surface area contributed by atoms with Gasteiger partial charge in [-0.1, -0.05) is 12.1 Å². The topological polar surface area (TPSA) is 66.5 Å². The van der Waals surface area contributed by atoms with Gasteiger partial charge in [0.1, 0.15) is 6.54 Å². The summed E-state index contributed by atoms with van der Waals surface area (Å²) in [4.78, 5) is 35.9. The van der Waals surface area contributed by atoms with Crippen molar-refractivity contribution in [2.45, 2.75) is 6.92 Å². The Labute approximate surface area is 115 Å². The van der Waals surface area contributed by atoms with E-state index in [1.54, 1.807) is 24.3 Å². The van der Waals surface area contributed by atoms with Crippen molar-refractivity contribution >= 4 is 35.0 Å². The van der Waals surface area contributed by atoms with Gasteiger partial charge in [-0.3, -0.25) is 14.4 Å². The minimum absolute atomic E-state index is 0.0161. The molecule has 0 atom stereocenters. The van der Waals surface area contributed by atoms with E-state index in [1.807, 2.05) is 0 Å². The lowest BCUT2D eigenvalue weighted by molar-refractivity contribution is -0.130. The highest BCUT2D eigenvalue weighted by Crippen LogP contribution is 2.15. The van der Waals surface area contributed by atoms with Crippen LogP contribution in [-0.4, -0.2) is 40.7 Å². The van der Waals surface area contributed by atoms with Gasteiger partial charge >= 0.3 is 0 Å². The molecule has 0 radical (unpaired) electrons. The van der Waals surface area contributed by atoms with Gasteiger partial charge in [-0.2, -0.15) is 0 Å². The molecule has 1 aliphatic rings. The van der Waals surface area contributed by atoms with Crippen LogP contribution in [0.1, 0.15) is 17.3 Å². The quantitative estimate of drug-likeness (QED) is 0.845. The fourth-order valence-electron chi connectivity index (χ4n) is 1.73. The minimum atomic E-state index is -0.253. The number of nitrogens with zero attached hydrogens (tertiary/aromatic N) is 1. The maximum atomic E-state index is 11.8. The van der Waals surface area contributed by atoms with Crippen molar-refractivity contribution in [3.63, 3.8) is 0 Å². The van der Waals surface area contributed by atoms with E-state index < -0.39 is 0 Å². The minimum Gasteiger partial charge on any atom is -0.325 e. The van der Waals surface area contributed by atoms with Crippen molar-refractivity contribution in [2.24, 2.45) is 0 Å². The molecule has 0 saturated carbocycles. The molecule has 0 aromatic heterocycles. The first-order chi connectivity index (χ1) is 9.06. The molecule has 1 heterocycles. The van der Waals surface area contributed by atoms with Crippen LogP contribution in [0.2, 0.25) is 0 Å². The number of Topliss-reactive ketones (excluding diaryl/α,β-unsaturated/α-hetero) is 1. The second kappa shape index (κ2) is 5.88. The highest BCUT2D eigenvalue weighted by Gasteiger charge is 2.22. The zero-order chi connectivity index (χ0) is 13.8. The average molecular weight is 278 g/mol. The number of hydrogen-bond donors (Lipinski definition) is 1. The largest absolute Gasteiger partial charge is 0.325 e. The molecular formula is C13H14N2O3S. The summed E-state index contributed by atoms with van der Waals surface area (Å²) in [5.41, 5.74) is 1.11. The Morgan fingerprint density at radius 3 is 2.84 bits per heavy atom. The second-order valence-corrected chi connectivity index (χ2v) is 5.21. The van der Waals surface area contributed by atoms with Crippen LogP contribution in [0.15, 0.2) is 24.3 Å². The number of hydrogen-bond acceptors (Lipinski definition) is 4. The van der Waals surface area contributed by atoms with Crippen molar-refractivity contribution in [1.29, 1.82) is 0 Å².